The molecule has 1 aromatic heterocycles. The number of anilines is 1. The third kappa shape index (κ3) is 2.52. The Labute approximate surface area is 119 Å². The minimum atomic E-state index is 0.815. The predicted molar refractivity (Wildman–Crippen MR) is 83.9 cm³/mol. The Morgan fingerprint density at radius 1 is 1.10 bits per heavy atom. The molecule has 0 aliphatic carbocycles. The highest BCUT2D eigenvalue weighted by Crippen LogP contribution is 2.19. The summed E-state index contributed by atoms with van der Waals surface area (Å²) in [5.41, 5.74) is 3.58. The van der Waals surface area contributed by atoms with Crippen molar-refractivity contribution in [3.05, 3.63) is 59.9 Å². The molecule has 0 saturated heterocycles. The number of benzene rings is 2. The van der Waals surface area contributed by atoms with Gasteiger partial charge in [-0.05, 0) is 29.3 Å². The normalized spacial score (nSPS) is 10.9. The summed E-state index contributed by atoms with van der Waals surface area (Å²) in [7, 11) is 1.97. The van der Waals surface area contributed by atoms with Gasteiger partial charge < -0.3 is 5.32 Å². The van der Waals surface area contributed by atoms with Crippen molar-refractivity contribution in [3.63, 3.8) is 0 Å². The highest BCUT2D eigenvalue weighted by molar-refractivity contribution is 5.85. The van der Waals surface area contributed by atoms with E-state index in [0.29, 0.717) is 0 Å². The Hall–Kier alpha value is -2.29. The fourth-order valence-corrected chi connectivity index (χ4v) is 2.53. The van der Waals surface area contributed by atoms with E-state index >= 15 is 0 Å². The minimum Gasteiger partial charge on any atom is -0.381 e. The van der Waals surface area contributed by atoms with Crippen molar-refractivity contribution in [2.24, 2.45) is 7.05 Å². The first-order valence-corrected chi connectivity index (χ1v) is 7.00. The molecule has 0 aliphatic rings. The molecule has 0 radical (unpaired) electrons. The zero-order valence-electron chi connectivity index (χ0n) is 11.9. The smallest absolute Gasteiger partial charge is 0.0671 e. The van der Waals surface area contributed by atoms with Crippen LogP contribution in [0.5, 0.6) is 0 Å². The fraction of sp³-hybridized carbons (Fsp3) is 0.235. The van der Waals surface area contributed by atoms with Crippen LogP contribution in [0.3, 0.4) is 0 Å². The molecule has 2 aromatic carbocycles. The van der Waals surface area contributed by atoms with E-state index in [4.69, 9.17) is 0 Å². The van der Waals surface area contributed by atoms with Gasteiger partial charge in [0.15, 0.2) is 0 Å². The van der Waals surface area contributed by atoms with Crippen molar-refractivity contribution >= 4 is 16.5 Å². The molecule has 0 bridgehead atoms. The van der Waals surface area contributed by atoms with Crippen LogP contribution in [0, 0.1) is 0 Å². The lowest BCUT2D eigenvalue weighted by Crippen LogP contribution is -2.00. The van der Waals surface area contributed by atoms with E-state index in [1.165, 1.54) is 22.0 Å². The summed E-state index contributed by atoms with van der Waals surface area (Å²) in [6, 6.07) is 14.9. The van der Waals surface area contributed by atoms with Crippen LogP contribution in [0.15, 0.2) is 48.7 Å². The molecule has 3 heteroatoms. The van der Waals surface area contributed by atoms with Crippen LogP contribution in [-0.2, 0) is 20.0 Å². The van der Waals surface area contributed by atoms with Crippen LogP contribution in [0.2, 0.25) is 0 Å². The molecule has 0 atom stereocenters. The van der Waals surface area contributed by atoms with Gasteiger partial charge in [0.2, 0.25) is 0 Å². The molecule has 1 N–H and O–H groups in total. The second-order valence-corrected chi connectivity index (χ2v) is 5.04. The molecule has 0 amide bonds. The Balaban J connectivity index is 1.79. The highest BCUT2D eigenvalue weighted by atomic mass is 15.3. The topological polar surface area (TPSA) is 29.9 Å². The van der Waals surface area contributed by atoms with Crippen molar-refractivity contribution in [3.8, 4) is 0 Å². The number of hydrogen-bond acceptors (Lipinski definition) is 2. The fourth-order valence-electron chi connectivity index (χ4n) is 2.53. The van der Waals surface area contributed by atoms with Gasteiger partial charge in [0.25, 0.3) is 0 Å². The van der Waals surface area contributed by atoms with E-state index in [0.717, 1.165) is 18.7 Å². The first-order chi connectivity index (χ1) is 9.76. The molecule has 0 saturated carbocycles. The standard InChI is InChI=1S/C17H19N3/c1-3-17-15(12-20(2)19-17)11-18-16-9-8-13-6-4-5-7-14(13)10-16/h4-10,12,18H,3,11H2,1-2H3. The molecule has 0 fully saturated rings. The Bertz CT molecular complexity index is 728. The quantitative estimate of drug-likeness (QED) is 0.778. The SMILES string of the molecule is CCc1nn(C)cc1CNc1ccc2ccccc2c1. The van der Waals surface area contributed by atoms with Crippen LogP contribution >= 0.6 is 0 Å². The average molecular weight is 265 g/mol. The number of fused-ring (bicyclic) bond motifs is 1. The number of nitrogens with one attached hydrogen (secondary N) is 1. The monoisotopic (exact) mass is 265 g/mol. The van der Waals surface area contributed by atoms with Gasteiger partial charge in [0, 0.05) is 31.0 Å². The van der Waals surface area contributed by atoms with E-state index in [-0.39, 0.29) is 0 Å². The van der Waals surface area contributed by atoms with Crippen molar-refractivity contribution in [2.45, 2.75) is 19.9 Å². The van der Waals surface area contributed by atoms with E-state index in [2.05, 4.69) is 66.0 Å². The lowest BCUT2D eigenvalue weighted by Gasteiger charge is -2.07. The third-order valence-electron chi connectivity index (χ3n) is 3.56. The summed E-state index contributed by atoms with van der Waals surface area (Å²) >= 11 is 0. The molecule has 3 nitrogen and oxygen atoms in total. The Morgan fingerprint density at radius 2 is 1.90 bits per heavy atom. The van der Waals surface area contributed by atoms with E-state index < -0.39 is 0 Å². The van der Waals surface area contributed by atoms with Crippen molar-refractivity contribution in [2.75, 3.05) is 5.32 Å². The third-order valence-corrected chi connectivity index (χ3v) is 3.56. The van der Waals surface area contributed by atoms with Crippen LogP contribution in [-0.4, -0.2) is 9.78 Å². The zero-order chi connectivity index (χ0) is 13.9. The lowest BCUT2D eigenvalue weighted by atomic mass is 10.1. The molecule has 20 heavy (non-hydrogen) atoms. The number of aromatic nitrogens is 2. The maximum absolute atomic E-state index is 4.47. The minimum absolute atomic E-state index is 0.815. The summed E-state index contributed by atoms with van der Waals surface area (Å²) < 4.78 is 1.89. The molecular weight excluding hydrogens is 246 g/mol. The van der Waals surface area contributed by atoms with Gasteiger partial charge in [-0.2, -0.15) is 5.10 Å². The largest absolute Gasteiger partial charge is 0.381 e. The second kappa shape index (κ2) is 5.37. The predicted octanol–water partition coefficient (Wildman–Crippen LogP) is 3.75. The first kappa shape index (κ1) is 12.7. The summed E-state index contributed by atoms with van der Waals surface area (Å²) in [6.45, 7) is 2.96. The Kier molecular flexibility index (Phi) is 3.42. The van der Waals surface area contributed by atoms with Gasteiger partial charge in [-0.15, -0.1) is 0 Å². The van der Waals surface area contributed by atoms with Crippen LogP contribution in [0.4, 0.5) is 5.69 Å². The second-order valence-electron chi connectivity index (χ2n) is 5.04. The lowest BCUT2D eigenvalue weighted by molar-refractivity contribution is 0.746. The van der Waals surface area contributed by atoms with Gasteiger partial charge in [0.1, 0.15) is 0 Å². The molecular formula is C17H19N3. The highest BCUT2D eigenvalue weighted by Gasteiger charge is 2.05. The molecule has 0 spiro atoms. The van der Waals surface area contributed by atoms with E-state index in [1.807, 2.05) is 11.7 Å². The number of nitrogens with zero attached hydrogens (tertiary/aromatic N) is 2. The van der Waals surface area contributed by atoms with Gasteiger partial charge in [-0.25, -0.2) is 0 Å². The van der Waals surface area contributed by atoms with Crippen LogP contribution < -0.4 is 5.32 Å². The first-order valence-electron chi connectivity index (χ1n) is 7.00. The van der Waals surface area contributed by atoms with Gasteiger partial charge in [-0.3, -0.25) is 4.68 Å². The van der Waals surface area contributed by atoms with Gasteiger partial charge in [-0.1, -0.05) is 37.3 Å². The molecule has 3 rings (SSSR count). The maximum atomic E-state index is 4.47. The van der Waals surface area contributed by atoms with Crippen LogP contribution in [0.1, 0.15) is 18.2 Å². The molecule has 3 aromatic rings. The van der Waals surface area contributed by atoms with Crippen LogP contribution in [0.25, 0.3) is 10.8 Å². The van der Waals surface area contributed by atoms with Crippen molar-refractivity contribution in [1.82, 2.24) is 9.78 Å². The number of aryl methyl sites for hydroxylation is 2. The van der Waals surface area contributed by atoms with Crippen molar-refractivity contribution < 1.29 is 0 Å². The van der Waals surface area contributed by atoms with Gasteiger partial charge in [0.05, 0.1) is 5.69 Å². The summed E-state index contributed by atoms with van der Waals surface area (Å²) in [4.78, 5) is 0. The Morgan fingerprint density at radius 3 is 2.70 bits per heavy atom. The number of rotatable bonds is 4. The summed E-state index contributed by atoms with van der Waals surface area (Å²) in [5, 5.41) is 10.5. The van der Waals surface area contributed by atoms with E-state index in [1.54, 1.807) is 0 Å². The molecule has 1 heterocycles. The summed E-state index contributed by atoms with van der Waals surface area (Å²) in [5.74, 6) is 0. The van der Waals surface area contributed by atoms with Crippen molar-refractivity contribution in [1.29, 1.82) is 0 Å². The molecule has 0 aliphatic heterocycles. The zero-order valence-corrected chi connectivity index (χ0v) is 11.9. The molecule has 102 valence electrons. The number of hydrogen-bond donors (Lipinski definition) is 1. The van der Waals surface area contributed by atoms with Gasteiger partial charge >= 0.3 is 0 Å². The van der Waals surface area contributed by atoms with E-state index in [9.17, 15) is 0 Å². The summed E-state index contributed by atoms with van der Waals surface area (Å²) in [6.07, 6.45) is 3.06. The maximum Gasteiger partial charge on any atom is 0.0671 e. The average Bonchev–Trinajstić information content (AvgIpc) is 2.85. The molecule has 0 unspecified atom stereocenters.